The van der Waals surface area contributed by atoms with E-state index in [-0.39, 0.29) is 11.7 Å². The lowest BCUT2D eigenvalue weighted by molar-refractivity contribution is 0.102. The first-order valence-electron chi connectivity index (χ1n) is 8.59. The number of alkyl halides is 2. The highest BCUT2D eigenvalue weighted by Gasteiger charge is 2.13. The van der Waals surface area contributed by atoms with Gasteiger partial charge in [-0.3, -0.25) is 14.5 Å². The second-order valence-electron chi connectivity index (χ2n) is 6.22. The lowest BCUT2D eigenvalue weighted by Crippen LogP contribution is -2.14. The fourth-order valence-electron chi connectivity index (χ4n) is 2.55. The third-order valence-electron chi connectivity index (χ3n) is 4.04. The van der Waals surface area contributed by atoms with Gasteiger partial charge in [0.25, 0.3) is 12.3 Å². The van der Waals surface area contributed by atoms with Gasteiger partial charge in [-0.05, 0) is 43.7 Å². The fraction of sp³-hybridized carbons (Fsp3) is 0.190. The molecule has 2 aromatic heterocycles. The van der Waals surface area contributed by atoms with E-state index in [1.54, 1.807) is 43.6 Å². The Hall–Kier alpha value is -3.53. The molecule has 1 amide bonds. The second-order valence-corrected chi connectivity index (χ2v) is 6.22. The Morgan fingerprint density at radius 1 is 1.21 bits per heavy atom. The SMILES string of the molecule is Cc1ccc(C(=O)Nc2cc(C)n(CC(F)F)n2)cc1C#Cc1cccnc1. The average Bonchev–Trinajstić information content (AvgIpc) is 3.00. The molecule has 142 valence electrons. The normalized spacial score (nSPS) is 10.5. The van der Waals surface area contributed by atoms with Gasteiger partial charge in [0.05, 0.1) is 0 Å². The average molecular weight is 380 g/mol. The van der Waals surface area contributed by atoms with Gasteiger partial charge in [-0.25, -0.2) is 8.78 Å². The van der Waals surface area contributed by atoms with E-state index < -0.39 is 13.0 Å². The number of nitrogens with one attached hydrogen (secondary N) is 1. The van der Waals surface area contributed by atoms with Crippen LogP contribution in [0, 0.1) is 25.7 Å². The largest absolute Gasteiger partial charge is 0.305 e. The lowest BCUT2D eigenvalue weighted by Gasteiger charge is -2.05. The Balaban J connectivity index is 1.79. The van der Waals surface area contributed by atoms with Crippen molar-refractivity contribution < 1.29 is 13.6 Å². The number of amides is 1. The number of aromatic nitrogens is 3. The quantitative estimate of drug-likeness (QED) is 0.700. The zero-order valence-electron chi connectivity index (χ0n) is 15.4. The highest BCUT2D eigenvalue weighted by molar-refractivity contribution is 6.04. The van der Waals surface area contributed by atoms with Crippen LogP contribution >= 0.6 is 0 Å². The van der Waals surface area contributed by atoms with Gasteiger partial charge in [0.1, 0.15) is 6.54 Å². The maximum absolute atomic E-state index is 12.5. The molecule has 0 radical (unpaired) electrons. The first-order chi connectivity index (χ1) is 13.4. The third kappa shape index (κ3) is 4.80. The van der Waals surface area contributed by atoms with E-state index >= 15 is 0 Å². The molecular formula is C21H18F2N4O. The molecule has 0 aliphatic heterocycles. The summed E-state index contributed by atoms with van der Waals surface area (Å²) in [6, 6.07) is 10.4. The number of pyridine rings is 1. The molecule has 0 fully saturated rings. The van der Waals surface area contributed by atoms with Gasteiger partial charge in [-0.2, -0.15) is 5.10 Å². The van der Waals surface area contributed by atoms with Crippen LogP contribution in [0.2, 0.25) is 0 Å². The van der Waals surface area contributed by atoms with E-state index in [9.17, 15) is 13.6 Å². The van der Waals surface area contributed by atoms with Crippen molar-refractivity contribution >= 4 is 11.7 Å². The molecular weight excluding hydrogens is 362 g/mol. The second kappa shape index (κ2) is 8.44. The van der Waals surface area contributed by atoms with E-state index in [0.717, 1.165) is 16.7 Å². The maximum Gasteiger partial charge on any atom is 0.257 e. The molecule has 0 bridgehead atoms. The summed E-state index contributed by atoms with van der Waals surface area (Å²) in [6.07, 6.45) is 0.822. The number of rotatable bonds is 4. The molecule has 7 heteroatoms. The van der Waals surface area contributed by atoms with Crippen molar-refractivity contribution in [2.45, 2.75) is 26.8 Å². The summed E-state index contributed by atoms with van der Waals surface area (Å²) in [5.74, 6) is 5.91. The van der Waals surface area contributed by atoms with Crippen molar-refractivity contribution in [1.29, 1.82) is 0 Å². The van der Waals surface area contributed by atoms with Crippen molar-refractivity contribution in [3.63, 3.8) is 0 Å². The molecule has 3 aromatic rings. The first-order valence-corrected chi connectivity index (χ1v) is 8.59. The summed E-state index contributed by atoms with van der Waals surface area (Å²) in [7, 11) is 0. The number of carbonyl (C=O) groups excluding carboxylic acids is 1. The van der Waals surface area contributed by atoms with Crippen LogP contribution in [0.25, 0.3) is 0 Å². The summed E-state index contributed by atoms with van der Waals surface area (Å²) in [6.45, 7) is 3.05. The molecule has 0 spiro atoms. The van der Waals surface area contributed by atoms with Crippen LogP contribution in [0.5, 0.6) is 0 Å². The van der Waals surface area contributed by atoms with Crippen LogP contribution < -0.4 is 5.32 Å². The molecule has 1 aromatic carbocycles. The van der Waals surface area contributed by atoms with Gasteiger partial charge in [-0.1, -0.05) is 17.9 Å². The van der Waals surface area contributed by atoms with E-state index in [2.05, 4.69) is 27.2 Å². The van der Waals surface area contributed by atoms with Crippen LogP contribution in [0.15, 0.2) is 48.8 Å². The molecule has 3 rings (SSSR count). The van der Waals surface area contributed by atoms with Crippen LogP contribution in [0.1, 0.15) is 32.7 Å². The Bertz CT molecular complexity index is 1050. The van der Waals surface area contributed by atoms with Gasteiger partial charge in [-0.15, -0.1) is 0 Å². The summed E-state index contributed by atoms with van der Waals surface area (Å²) >= 11 is 0. The Morgan fingerprint density at radius 2 is 2.04 bits per heavy atom. The number of aryl methyl sites for hydroxylation is 2. The van der Waals surface area contributed by atoms with Crippen molar-refractivity contribution in [2.75, 3.05) is 5.32 Å². The topological polar surface area (TPSA) is 59.8 Å². The number of anilines is 1. The molecule has 0 saturated heterocycles. The number of hydrogen-bond donors (Lipinski definition) is 1. The summed E-state index contributed by atoms with van der Waals surface area (Å²) < 4.78 is 26.3. The number of hydrogen-bond acceptors (Lipinski definition) is 3. The predicted octanol–water partition coefficient (Wildman–Crippen LogP) is 3.81. The van der Waals surface area contributed by atoms with Gasteiger partial charge in [0.2, 0.25) is 0 Å². The number of benzene rings is 1. The van der Waals surface area contributed by atoms with Gasteiger partial charge >= 0.3 is 0 Å². The fourth-order valence-corrected chi connectivity index (χ4v) is 2.55. The van der Waals surface area contributed by atoms with E-state index in [1.165, 1.54) is 4.68 Å². The number of halogens is 2. The Kier molecular flexibility index (Phi) is 5.80. The molecule has 28 heavy (non-hydrogen) atoms. The molecule has 1 N–H and O–H groups in total. The third-order valence-corrected chi connectivity index (χ3v) is 4.04. The van der Waals surface area contributed by atoms with E-state index in [0.29, 0.717) is 11.3 Å². The molecule has 0 unspecified atom stereocenters. The van der Waals surface area contributed by atoms with Crippen LogP contribution in [0.3, 0.4) is 0 Å². The zero-order valence-corrected chi connectivity index (χ0v) is 15.4. The minimum atomic E-state index is -2.51. The standard InChI is InChI=1S/C21H18F2N4O/c1-14-5-7-18(11-17(14)8-6-16-4-3-9-24-12-16)21(28)25-20-10-15(2)27(26-20)13-19(22)23/h3-5,7,9-12,19H,13H2,1-2H3,(H,25,26,28). The minimum absolute atomic E-state index is 0.228. The highest BCUT2D eigenvalue weighted by atomic mass is 19.3. The Labute approximate surface area is 161 Å². The van der Waals surface area contributed by atoms with E-state index in [1.807, 2.05) is 19.1 Å². The zero-order chi connectivity index (χ0) is 20.1. The lowest BCUT2D eigenvalue weighted by atomic mass is 10.0. The maximum atomic E-state index is 12.5. The van der Waals surface area contributed by atoms with Gasteiger partial charge < -0.3 is 5.32 Å². The highest BCUT2D eigenvalue weighted by Crippen LogP contribution is 2.15. The molecule has 2 heterocycles. The smallest absolute Gasteiger partial charge is 0.257 e. The van der Waals surface area contributed by atoms with E-state index in [4.69, 9.17) is 0 Å². The molecule has 0 aliphatic carbocycles. The first kappa shape index (κ1) is 19.2. The predicted molar refractivity (Wildman–Crippen MR) is 102 cm³/mol. The number of nitrogens with zero attached hydrogens (tertiary/aromatic N) is 3. The monoisotopic (exact) mass is 380 g/mol. The number of carbonyl (C=O) groups is 1. The van der Waals surface area contributed by atoms with Crippen molar-refractivity contribution in [3.8, 4) is 11.8 Å². The minimum Gasteiger partial charge on any atom is -0.305 e. The van der Waals surface area contributed by atoms with Crippen molar-refractivity contribution in [2.24, 2.45) is 0 Å². The van der Waals surface area contributed by atoms with Crippen LogP contribution in [0.4, 0.5) is 14.6 Å². The molecule has 5 nitrogen and oxygen atoms in total. The summed E-state index contributed by atoms with van der Waals surface area (Å²) in [5, 5.41) is 6.64. The van der Waals surface area contributed by atoms with Crippen LogP contribution in [-0.4, -0.2) is 27.1 Å². The van der Waals surface area contributed by atoms with Gasteiger partial charge in [0.15, 0.2) is 5.82 Å². The summed E-state index contributed by atoms with van der Waals surface area (Å²) in [5.41, 5.74) is 3.38. The van der Waals surface area contributed by atoms with Gasteiger partial charge in [0, 0.05) is 40.8 Å². The summed E-state index contributed by atoms with van der Waals surface area (Å²) in [4.78, 5) is 16.5. The molecule has 0 atom stereocenters. The van der Waals surface area contributed by atoms with Crippen molar-refractivity contribution in [3.05, 3.63) is 76.7 Å². The van der Waals surface area contributed by atoms with Crippen LogP contribution in [-0.2, 0) is 6.54 Å². The molecule has 0 saturated carbocycles. The van der Waals surface area contributed by atoms with Crippen molar-refractivity contribution in [1.82, 2.24) is 14.8 Å². The molecule has 0 aliphatic rings. The Morgan fingerprint density at radius 3 is 2.75 bits per heavy atom.